The van der Waals surface area contributed by atoms with Crippen molar-refractivity contribution in [1.29, 1.82) is 0 Å². The highest BCUT2D eigenvalue weighted by Crippen LogP contribution is 2.21. The smallest absolute Gasteiger partial charge is 0.255 e. The molecule has 128 valence electrons. The third kappa shape index (κ3) is 3.88. The van der Waals surface area contributed by atoms with Gasteiger partial charge < -0.3 is 5.32 Å². The molecule has 0 bridgehead atoms. The van der Waals surface area contributed by atoms with Crippen LogP contribution < -0.4 is 5.32 Å². The monoisotopic (exact) mass is 356 g/mol. The third-order valence-electron chi connectivity index (χ3n) is 4.14. The van der Waals surface area contributed by atoms with Crippen LogP contribution in [0.25, 0.3) is 0 Å². The van der Waals surface area contributed by atoms with Gasteiger partial charge in [-0.3, -0.25) is 19.3 Å². The molecule has 1 aliphatic rings. The number of carbonyl (C=O) groups excluding carboxylic acids is 3. The van der Waals surface area contributed by atoms with E-state index in [2.05, 4.69) is 5.32 Å². The van der Waals surface area contributed by atoms with Gasteiger partial charge in [-0.1, -0.05) is 29.8 Å². The summed E-state index contributed by atoms with van der Waals surface area (Å²) < 4.78 is 0. The van der Waals surface area contributed by atoms with Gasteiger partial charge in [-0.05, 0) is 42.3 Å². The van der Waals surface area contributed by atoms with Gasteiger partial charge in [0.05, 0.1) is 6.54 Å². The molecule has 0 atom stereocenters. The van der Waals surface area contributed by atoms with E-state index in [-0.39, 0.29) is 37.1 Å². The Labute approximate surface area is 150 Å². The van der Waals surface area contributed by atoms with Crippen molar-refractivity contribution >= 4 is 35.0 Å². The summed E-state index contributed by atoms with van der Waals surface area (Å²) in [4.78, 5) is 36.8. The van der Waals surface area contributed by atoms with Crippen molar-refractivity contribution < 1.29 is 14.4 Å². The molecular formula is C19H17ClN2O3. The first-order valence-electron chi connectivity index (χ1n) is 7.93. The summed E-state index contributed by atoms with van der Waals surface area (Å²) in [6, 6.07) is 12.2. The van der Waals surface area contributed by atoms with Crippen molar-refractivity contribution in [2.45, 2.75) is 26.3 Å². The predicted octanol–water partition coefficient (Wildman–Crippen LogP) is 3.55. The number of anilines is 1. The van der Waals surface area contributed by atoms with Crippen molar-refractivity contribution in [2.24, 2.45) is 0 Å². The number of rotatable bonds is 4. The maximum atomic E-state index is 12.3. The maximum absolute atomic E-state index is 12.3. The van der Waals surface area contributed by atoms with E-state index in [9.17, 15) is 14.4 Å². The molecule has 0 saturated carbocycles. The molecule has 6 heteroatoms. The van der Waals surface area contributed by atoms with Crippen LogP contribution in [0.15, 0.2) is 42.5 Å². The van der Waals surface area contributed by atoms with E-state index >= 15 is 0 Å². The van der Waals surface area contributed by atoms with Crippen LogP contribution in [0.1, 0.15) is 34.3 Å². The summed E-state index contributed by atoms with van der Waals surface area (Å²) in [5.41, 5.74) is 2.85. The first-order valence-corrected chi connectivity index (χ1v) is 8.31. The second-order valence-electron chi connectivity index (χ2n) is 5.99. The molecule has 3 amide bonds. The van der Waals surface area contributed by atoms with Crippen molar-refractivity contribution in [2.75, 3.05) is 5.32 Å². The lowest BCUT2D eigenvalue weighted by molar-refractivity contribution is -0.139. The van der Waals surface area contributed by atoms with E-state index in [1.54, 1.807) is 36.4 Å². The summed E-state index contributed by atoms with van der Waals surface area (Å²) in [5.74, 6) is -0.550. The van der Waals surface area contributed by atoms with Crippen LogP contribution in [-0.4, -0.2) is 22.6 Å². The van der Waals surface area contributed by atoms with Crippen molar-refractivity contribution in [3.05, 3.63) is 64.2 Å². The Kier molecular flexibility index (Phi) is 4.86. The van der Waals surface area contributed by atoms with Crippen LogP contribution in [0, 0.1) is 6.92 Å². The molecule has 2 aromatic rings. The Morgan fingerprint density at radius 1 is 1.08 bits per heavy atom. The van der Waals surface area contributed by atoms with Gasteiger partial charge in [0, 0.05) is 29.1 Å². The van der Waals surface area contributed by atoms with Crippen LogP contribution in [0.4, 0.5) is 5.69 Å². The van der Waals surface area contributed by atoms with Gasteiger partial charge in [0.1, 0.15) is 0 Å². The van der Waals surface area contributed by atoms with E-state index in [0.717, 1.165) is 11.1 Å². The summed E-state index contributed by atoms with van der Waals surface area (Å²) in [5, 5.41) is 3.38. The molecule has 1 N–H and O–H groups in total. The summed E-state index contributed by atoms with van der Waals surface area (Å²) in [6.45, 7) is 2.13. The van der Waals surface area contributed by atoms with Crippen molar-refractivity contribution in [1.82, 2.24) is 4.90 Å². The SMILES string of the molecule is Cc1ccc(NC(=O)c2ccc(CN3C(=O)CCC3=O)cc2)cc1Cl. The van der Waals surface area contributed by atoms with E-state index < -0.39 is 0 Å². The summed E-state index contributed by atoms with van der Waals surface area (Å²) >= 11 is 6.06. The number of benzene rings is 2. The largest absolute Gasteiger partial charge is 0.322 e. The average molecular weight is 357 g/mol. The van der Waals surface area contributed by atoms with Crippen molar-refractivity contribution in [3.63, 3.8) is 0 Å². The Morgan fingerprint density at radius 3 is 2.32 bits per heavy atom. The topological polar surface area (TPSA) is 66.5 Å². The molecule has 0 aliphatic carbocycles. The fourth-order valence-electron chi connectivity index (χ4n) is 2.62. The molecule has 0 spiro atoms. The number of imide groups is 1. The normalized spacial score (nSPS) is 14.1. The molecule has 0 unspecified atom stereocenters. The molecule has 3 rings (SSSR count). The fraction of sp³-hybridized carbons (Fsp3) is 0.211. The number of carbonyl (C=O) groups is 3. The first kappa shape index (κ1) is 17.2. The second-order valence-corrected chi connectivity index (χ2v) is 6.40. The molecule has 0 radical (unpaired) electrons. The van der Waals surface area contributed by atoms with Crippen LogP contribution in [0.3, 0.4) is 0 Å². The quantitative estimate of drug-likeness (QED) is 0.852. The van der Waals surface area contributed by atoms with Gasteiger partial charge >= 0.3 is 0 Å². The molecule has 0 aromatic heterocycles. The molecule has 1 aliphatic heterocycles. The Balaban J connectivity index is 1.67. The van der Waals surface area contributed by atoms with Gasteiger partial charge in [-0.15, -0.1) is 0 Å². The number of aryl methyl sites for hydroxylation is 1. The number of nitrogens with one attached hydrogen (secondary N) is 1. The third-order valence-corrected chi connectivity index (χ3v) is 4.55. The zero-order valence-electron chi connectivity index (χ0n) is 13.7. The molecule has 5 nitrogen and oxygen atoms in total. The molecule has 2 aromatic carbocycles. The lowest BCUT2D eigenvalue weighted by atomic mass is 10.1. The number of amides is 3. The van der Waals surface area contributed by atoms with Crippen molar-refractivity contribution in [3.8, 4) is 0 Å². The van der Waals surface area contributed by atoms with E-state index in [0.29, 0.717) is 16.3 Å². The van der Waals surface area contributed by atoms with Gasteiger partial charge in [0.15, 0.2) is 0 Å². The van der Waals surface area contributed by atoms with E-state index in [1.165, 1.54) is 4.90 Å². The van der Waals surface area contributed by atoms with E-state index in [4.69, 9.17) is 11.6 Å². The van der Waals surface area contributed by atoms with Gasteiger partial charge in [-0.25, -0.2) is 0 Å². The lowest BCUT2D eigenvalue weighted by Crippen LogP contribution is -2.28. The fourth-order valence-corrected chi connectivity index (χ4v) is 2.80. The van der Waals surface area contributed by atoms with Crippen LogP contribution in [0.5, 0.6) is 0 Å². The minimum atomic E-state index is -0.250. The minimum absolute atomic E-state index is 0.150. The first-order chi connectivity index (χ1) is 11.9. The van der Waals surface area contributed by atoms with Gasteiger partial charge in [0.2, 0.25) is 11.8 Å². The minimum Gasteiger partial charge on any atom is -0.322 e. The number of likely N-dealkylation sites (tertiary alicyclic amines) is 1. The molecule has 1 heterocycles. The molecular weight excluding hydrogens is 340 g/mol. The number of halogens is 1. The highest BCUT2D eigenvalue weighted by molar-refractivity contribution is 6.31. The summed E-state index contributed by atoms with van der Waals surface area (Å²) in [6.07, 6.45) is 0.552. The van der Waals surface area contributed by atoms with E-state index in [1.807, 2.05) is 13.0 Å². The molecule has 1 saturated heterocycles. The average Bonchev–Trinajstić information content (AvgIpc) is 2.91. The number of hydrogen-bond acceptors (Lipinski definition) is 3. The summed E-state index contributed by atoms with van der Waals surface area (Å²) in [7, 11) is 0. The van der Waals surface area contributed by atoms with Crippen LogP contribution >= 0.6 is 11.6 Å². The molecule has 1 fully saturated rings. The van der Waals surface area contributed by atoms with Gasteiger partial charge in [0.25, 0.3) is 5.91 Å². The Bertz CT molecular complexity index is 830. The lowest BCUT2D eigenvalue weighted by Gasteiger charge is -2.14. The van der Waals surface area contributed by atoms with Crippen LogP contribution in [0.2, 0.25) is 5.02 Å². The standard InChI is InChI=1S/C19H17ClN2O3/c1-12-2-7-15(10-16(12)20)21-19(25)14-5-3-13(4-6-14)11-22-17(23)8-9-18(22)24/h2-7,10H,8-9,11H2,1H3,(H,21,25). The Morgan fingerprint density at radius 2 is 1.72 bits per heavy atom. The van der Waals surface area contributed by atoms with Gasteiger partial charge in [-0.2, -0.15) is 0 Å². The maximum Gasteiger partial charge on any atom is 0.255 e. The zero-order chi connectivity index (χ0) is 18.0. The number of nitrogens with zero attached hydrogens (tertiary/aromatic N) is 1. The molecule has 25 heavy (non-hydrogen) atoms. The Hall–Kier alpha value is -2.66. The predicted molar refractivity (Wildman–Crippen MR) is 95.4 cm³/mol. The number of hydrogen-bond donors (Lipinski definition) is 1. The highest BCUT2D eigenvalue weighted by Gasteiger charge is 2.28. The second kappa shape index (κ2) is 7.07. The highest BCUT2D eigenvalue weighted by atomic mass is 35.5. The van der Waals surface area contributed by atoms with Crippen LogP contribution in [-0.2, 0) is 16.1 Å². The zero-order valence-corrected chi connectivity index (χ0v) is 14.5.